The van der Waals surface area contributed by atoms with E-state index in [1.165, 1.54) is 11.5 Å². The van der Waals surface area contributed by atoms with Gasteiger partial charge in [-0.15, -0.1) is 0 Å². The van der Waals surface area contributed by atoms with Crippen molar-refractivity contribution >= 4 is 11.5 Å². The summed E-state index contributed by atoms with van der Waals surface area (Å²) in [5.41, 5.74) is 0. The van der Waals surface area contributed by atoms with Crippen molar-refractivity contribution in [2.24, 2.45) is 0 Å². The van der Waals surface area contributed by atoms with Crippen molar-refractivity contribution in [3.63, 3.8) is 0 Å². The summed E-state index contributed by atoms with van der Waals surface area (Å²) in [5, 5.41) is 1.15. The molecule has 1 rings (SSSR count). The predicted octanol–water partition coefficient (Wildman–Crippen LogP) is 2.05. The lowest BCUT2D eigenvalue weighted by atomic mass is 10.1. The van der Waals surface area contributed by atoms with Gasteiger partial charge >= 0.3 is 0 Å². The summed E-state index contributed by atoms with van der Waals surface area (Å²) in [5.74, 6) is 0.581. The fourth-order valence-corrected chi connectivity index (χ4v) is 1.22. The van der Waals surface area contributed by atoms with Crippen LogP contribution in [0.4, 0.5) is 0 Å². The fourth-order valence-electron chi connectivity index (χ4n) is 0.573. The maximum Gasteiger partial charge on any atom is 0.129 e. The first-order valence-corrected chi connectivity index (χ1v) is 3.88. The van der Waals surface area contributed by atoms with Gasteiger partial charge in [-0.25, -0.2) is 4.98 Å². The topological polar surface area (TPSA) is 25.8 Å². The molecule has 1 unspecified atom stereocenters. The van der Waals surface area contributed by atoms with Crippen LogP contribution in [0.5, 0.6) is 0 Å². The van der Waals surface area contributed by atoms with Gasteiger partial charge in [-0.05, 0) is 18.0 Å². The molecule has 1 atom stereocenters. The van der Waals surface area contributed by atoms with Gasteiger partial charge in [0.1, 0.15) is 11.3 Å². The average molecular weight is 142 g/mol. The van der Waals surface area contributed by atoms with Crippen LogP contribution in [-0.4, -0.2) is 9.36 Å². The summed E-state index contributed by atoms with van der Waals surface area (Å²) in [6, 6.07) is 0. The van der Waals surface area contributed by atoms with E-state index in [4.69, 9.17) is 0 Å². The van der Waals surface area contributed by atoms with E-state index in [0.717, 1.165) is 11.4 Å². The molecule has 0 N–H and O–H groups in total. The standard InChI is InChI=1S/C6H10N2S/c1-3-5(2)6-7-4-8-9-6/h4-5H,3H2,1-2H3. The molecule has 1 aromatic rings. The van der Waals surface area contributed by atoms with Crippen molar-refractivity contribution < 1.29 is 0 Å². The zero-order valence-electron chi connectivity index (χ0n) is 5.66. The minimum atomic E-state index is 0.581. The Morgan fingerprint density at radius 1 is 1.78 bits per heavy atom. The van der Waals surface area contributed by atoms with E-state index < -0.39 is 0 Å². The minimum Gasteiger partial charge on any atom is -0.228 e. The summed E-state index contributed by atoms with van der Waals surface area (Å²) in [6.07, 6.45) is 2.77. The minimum absolute atomic E-state index is 0.581. The fraction of sp³-hybridized carbons (Fsp3) is 0.667. The third-order valence-corrected chi connectivity index (χ3v) is 2.31. The molecule has 0 saturated carbocycles. The number of nitrogens with zero attached hydrogens (tertiary/aromatic N) is 2. The van der Waals surface area contributed by atoms with Crippen molar-refractivity contribution in [3.8, 4) is 0 Å². The molecular weight excluding hydrogens is 132 g/mol. The Morgan fingerprint density at radius 2 is 2.56 bits per heavy atom. The summed E-state index contributed by atoms with van der Waals surface area (Å²) in [4.78, 5) is 4.09. The summed E-state index contributed by atoms with van der Waals surface area (Å²) in [7, 11) is 0. The van der Waals surface area contributed by atoms with E-state index in [0.29, 0.717) is 5.92 Å². The zero-order chi connectivity index (χ0) is 6.69. The van der Waals surface area contributed by atoms with Gasteiger partial charge in [0.2, 0.25) is 0 Å². The van der Waals surface area contributed by atoms with Crippen molar-refractivity contribution in [2.45, 2.75) is 26.2 Å². The molecular formula is C6H10N2S. The molecule has 0 fully saturated rings. The lowest BCUT2D eigenvalue weighted by Crippen LogP contribution is -1.87. The second kappa shape index (κ2) is 2.92. The lowest BCUT2D eigenvalue weighted by Gasteiger charge is -1.99. The van der Waals surface area contributed by atoms with Crippen molar-refractivity contribution in [1.29, 1.82) is 0 Å². The second-order valence-electron chi connectivity index (χ2n) is 2.09. The largest absolute Gasteiger partial charge is 0.228 e. The molecule has 0 aliphatic heterocycles. The molecule has 0 radical (unpaired) electrons. The highest BCUT2D eigenvalue weighted by molar-refractivity contribution is 7.05. The van der Waals surface area contributed by atoms with E-state index in [9.17, 15) is 0 Å². The maximum atomic E-state index is 4.09. The van der Waals surface area contributed by atoms with Gasteiger partial charge in [-0.2, -0.15) is 4.37 Å². The van der Waals surface area contributed by atoms with E-state index in [1.807, 2.05) is 0 Å². The monoisotopic (exact) mass is 142 g/mol. The van der Waals surface area contributed by atoms with E-state index in [1.54, 1.807) is 6.33 Å². The first-order valence-electron chi connectivity index (χ1n) is 3.11. The molecule has 9 heavy (non-hydrogen) atoms. The first-order chi connectivity index (χ1) is 4.34. The normalized spacial score (nSPS) is 13.6. The number of rotatable bonds is 2. The van der Waals surface area contributed by atoms with Crippen LogP contribution in [0, 0.1) is 0 Å². The van der Waals surface area contributed by atoms with Gasteiger partial charge in [0.25, 0.3) is 0 Å². The Bertz CT molecular complexity index is 160. The smallest absolute Gasteiger partial charge is 0.129 e. The summed E-state index contributed by atoms with van der Waals surface area (Å²) < 4.78 is 3.92. The van der Waals surface area contributed by atoms with Gasteiger partial charge in [-0.3, -0.25) is 0 Å². The zero-order valence-corrected chi connectivity index (χ0v) is 6.48. The van der Waals surface area contributed by atoms with Gasteiger partial charge < -0.3 is 0 Å². The third kappa shape index (κ3) is 1.48. The molecule has 0 aliphatic carbocycles. The molecule has 0 spiro atoms. The van der Waals surface area contributed by atoms with E-state index in [2.05, 4.69) is 23.2 Å². The molecule has 1 aromatic heterocycles. The predicted molar refractivity (Wildman–Crippen MR) is 38.6 cm³/mol. The Balaban J connectivity index is 2.65. The molecule has 0 bridgehead atoms. The average Bonchev–Trinajstić information content (AvgIpc) is 2.37. The van der Waals surface area contributed by atoms with Crippen LogP contribution in [0.2, 0.25) is 0 Å². The highest BCUT2D eigenvalue weighted by atomic mass is 32.1. The number of aromatic nitrogens is 2. The summed E-state index contributed by atoms with van der Waals surface area (Å²) in [6.45, 7) is 4.33. The van der Waals surface area contributed by atoms with Crippen molar-refractivity contribution in [2.75, 3.05) is 0 Å². The van der Waals surface area contributed by atoms with Crippen LogP contribution in [0.25, 0.3) is 0 Å². The Morgan fingerprint density at radius 3 is 3.00 bits per heavy atom. The van der Waals surface area contributed by atoms with Crippen molar-refractivity contribution in [1.82, 2.24) is 9.36 Å². The first kappa shape index (κ1) is 6.68. The van der Waals surface area contributed by atoms with Gasteiger partial charge in [0.15, 0.2) is 0 Å². The van der Waals surface area contributed by atoms with Crippen LogP contribution in [0.1, 0.15) is 31.2 Å². The second-order valence-corrected chi connectivity index (χ2v) is 2.90. The van der Waals surface area contributed by atoms with E-state index in [-0.39, 0.29) is 0 Å². The van der Waals surface area contributed by atoms with Gasteiger partial charge in [0.05, 0.1) is 0 Å². The van der Waals surface area contributed by atoms with Crippen molar-refractivity contribution in [3.05, 3.63) is 11.3 Å². The Labute approximate surface area is 59.1 Å². The third-order valence-electron chi connectivity index (χ3n) is 1.41. The highest BCUT2D eigenvalue weighted by Gasteiger charge is 2.04. The van der Waals surface area contributed by atoms with Crippen LogP contribution in [0.15, 0.2) is 6.33 Å². The Hall–Kier alpha value is -0.440. The van der Waals surface area contributed by atoms with Crippen LogP contribution in [-0.2, 0) is 0 Å². The highest BCUT2D eigenvalue weighted by Crippen LogP contribution is 2.17. The molecule has 0 aromatic carbocycles. The number of hydrogen-bond donors (Lipinski definition) is 0. The quantitative estimate of drug-likeness (QED) is 0.631. The Kier molecular flexibility index (Phi) is 2.16. The SMILES string of the molecule is CCC(C)c1ncns1. The summed E-state index contributed by atoms with van der Waals surface area (Å²) >= 11 is 1.49. The van der Waals surface area contributed by atoms with Gasteiger partial charge in [-0.1, -0.05) is 13.8 Å². The maximum absolute atomic E-state index is 4.09. The van der Waals surface area contributed by atoms with Crippen LogP contribution < -0.4 is 0 Å². The van der Waals surface area contributed by atoms with Crippen LogP contribution in [0.3, 0.4) is 0 Å². The van der Waals surface area contributed by atoms with Crippen LogP contribution >= 0.6 is 11.5 Å². The lowest BCUT2D eigenvalue weighted by molar-refractivity contribution is 0.726. The number of hydrogen-bond acceptors (Lipinski definition) is 3. The molecule has 0 aliphatic rings. The molecule has 3 heteroatoms. The molecule has 1 heterocycles. The molecule has 0 saturated heterocycles. The molecule has 2 nitrogen and oxygen atoms in total. The molecule has 50 valence electrons. The van der Waals surface area contributed by atoms with E-state index >= 15 is 0 Å². The molecule has 0 amide bonds. The van der Waals surface area contributed by atoms with Gasteiger partial charge in [0, 0.05) is 5.92 Å².